The molecule has 1 aliphatic carbocycles. The Bertz CT molecular complexity index is 395. The second-order valence-electron chi connectivity index (χ2n) is 4.14. The number of methoxy groups -OCH3 is 1. The molecular formula is C14H17OTi-. The van der Waals surface area contributed by atoms with Gasteiger partial charge in [0.15, 0.2) is 0 Å². The third-order valence-electron chi connectivity index (χ3n) is 3.36. The van der Waals surface area contributed by atoms with E-state index in [1.165, 1.54) is 22.3 Å². The van der Waals surface area contributed by atoms with Gasteiger partial charge in [0.2, 0.25) is 0 Å². The first-order chi connectivity index (χ1) is 7.25. The van der Waals surface area contributed by atoms with E-state index in [-0.39, 0.29) is 21.7 Å². The molecule has 0 heterocycles. The van der Waals surface area contributed by atoms with Gasteiger partial charge in [-0.1, -0.05) is 13.8 Å². The van der Waals surface area contributed by atoms with Crippen LogP contribution in [0.2, 0.25) is 0 Å². The molecule has 1 unspecified atom stereocenters. The average Bonchev–Trinajstić information content (AvgIpc) is 2.51. The van der Waals surface area contributed by atoms with E-state index in [1.54, 1.807) is 7.11 Å². The number of benzene rings is 1. The fraction of sp³-hybridized carbons (Fsp3) is 0.429. The quantitative estimate of drug-likeness (QED) is 0.589. The molecule has 1 atom stereocenters. The number of ether oxygens (including phenoxy) is 1. The van der Waals surface area contributed by atoms with Crippen LogP contribution in [-0.2, 0) is 26.5 Å². The molecule has 0 amide bonds. The summed E-state index contributed by atoms with van der Waals surface area (Å²) in [7, 11) is 1.76. The second kappa shape index (κ2) is 5.81. The second-order valence-corrected chi connectivity index (χ2v) is 4.14. The van der Waals surface area contributed by atoms with E-state index >= 15 is 0 Å². The third-order valence-corrected chi connectivity index (χ3v) is 3.36. The Kier molecular flexibility index (Phi) is 4.98. The average molecular weight is 249 g/mol. The summed E-state index contributed by atoms with van der Waals surface area (Å²) in [6.45, 7) is 5.24. The Hall–Kier alpha value is -0.366. The number of rotatable bonds is 3. The van der Waals surface area contributed by atoms with Crippen molar-refractivity contribution in [1.29, 1.82) is 0 Å². The van der Waals surface area contributed by atoms with Gasteiger partial charge >= 0.3 is 0 Å². The molecule has 1 aliphatic rings. The van der Waals surface area contributed by atoms with Gasteiger partial charge in [-0.25, -0.2) is 0 Å². The minimum Gasteiger partial charge on any atom is -0.385 e. The van der Waals surface area contributed by atoms with Gasteiger partial charge < -0.3 is 4.74 Å². The summed E-state index contributed by atoms with van der Waals surface area (Å²) < 4.78 is 5.17. The molecule has 0 spiro atoms. The molecule has 0 saturated carbocycles. The van der Waals surface area contributed by atoms with Crippen molar-refractivity contribution < 1.29 is 26.5 Å². The van der Waals surface area contributed by atoms with Gasteiger partial charge in [-0.15, -0.1) is 46.5 Å². The zero-order valence-corrected chi connectivity index (χ0v) is 11.7. The van der Waals surface area contributed by atoms with Crippen molar-refractivity contribution in [3.63, 3.8) is 0 Å². The molecule has 0 N–H and O–H groups in total. The van der Waals surface area contributed by atoms with Crippen LogP contribution in [0.1, 0.15) is 37.3 Å². The molecule has 16 heavy (non-hydrogen) atoms. The van der Waals surface area contributed by atoms with Crippen LogP contribution in [-0.4, -0.2) is 13.7 Å². The molecule has 0 aromatic heterocycles. The summed E-state index contributed by atoms with van der Waals surface area (Å²) >= 11 is 0. The molecule has 0 saturated heterocycles. The fourth-order valence-electron chi connectivity index (χ4n) is 2.36. The van der Waals surface area contributed by atoms with E-state index in [4.69, 9.17) is 4.74 Å². The van der Waals surface area contributed by atoms with Crippen molar-refractivity contribution in [3.05, 3.63) is 41.0 Å². The third kappa shape index (κ3) is 2.32. The summed E-state index contributed by atoms with van der Waals surface area (Å²) in [6, 6.07) is 9.62. The van der Waals surface area contributed by atoms with Gasteiger partial charge in [-0.3, -0.25) is 0 Å². The van der Waals surface area contributed by atoms with Crippen LogP contribution < -0.4 is 0 Å². The largest absolute Gasteiger partial charge is 0.385 e. The first-order valence-electron chi connectivity index (χ1n) is 5.43. The monoisotopic (exact) mass is 249 g/mol. The van der Waals surface area contributed by atoms with Crippen LogP contribution in [0.4, 0.5) is 0 Å². The minimum atomic E-state index is 0. The normalized spacial score (nSPS) is 18.3. The molecular weight excluding hydrogens is 232 g/mol. The van der Waals surface area contributed by atoms with Crippen LogP contribution in [0, 0.1) is 6.07 Å². The van der Waals surface area contributed by atoms with Crippen LogP contribution >= 0.6 is 0 Å². The Balaban J connectivity index is 0.00000128. The van der Waals surface area contributed by atoms with E-state index in [9.17, 15) is 0 Å². The number of hydrogen-bond acceptors (Lipinski definition) is 1. The molecule has 0 radical (unpaired) electrons. The maximum Gasteiger partial charge on any atom is 0.0463 e. The molecule has 0 bridgehead atoms. The molecule has 1 nitrogen and oxygen atoms in total. The van der Waals surface area contributed by atoms with Crippen molar-refractivity contribution in [2.24, 2.45) is 0 Å². The number of fused-ring (bicyclic) bond motifs is 1. The SMILES string of the molecule is COCCC1C(C)=C(C)c2[c-]cccc21.[Ti]. The molecule has 2 heteroatoms. The summed E-state index contributed by atoms with van der Waals surface area (Å²) in [5, 5.41) is 0. The van der Waals surface area contributed by atoms with E-state index in [0.717, 1.165) is 13.0 Å². The standard InChI is InChI=1S/C14H17O.Ti/c1-10-11(2)13(8-9-15-3)14-7-5-4-6-12(10)14;/h4-5,7,13H,8-9H2,1-3H3;/q-1;. The van der Waals surface area contributed by atoms with Crippen molar-refractivity contribution >= 4 is 5.57 Å². The van der Waals surface area contributed by atoms with Crippen LogP contribution in [0.3, 0.4) is 0 Å². The molecule has 0 fully saturated rings. The van der Waals surface area contributed by atoms with E-state index in [0.29, 0.717) is 5.92 Å². The molecule has 0 aliphatic heterocycles. The summed E-state index contributed by atoms with van der Waals surface area (Å²) in [5.74, 6) is 0.539. The van der Waals surface area contributed by atoms with Crippen molar-refractivity contribution in [3.8, 4) is 0 Å². The Morgan fingerprint density at radius 2 is 2.12 bits per heavy atom. The van der Waals surface area contributed by atoms with Gasteiger partial charge in [0, 0.05) is 35.4 Å². The Morgan fingerprint density at radius 1 is 1.38 bits per heavy atom. The van der Waals surface area contributed by atoms with Gasteiger partial charge in [-0.2, -0.15) is 0 Å². The van der Waals surface area contributed by atoms with E-state index in [1.807, 2.05) is 6.07 Å². The van der Waals surface area contributed by atoms with Crippen molar-refractivity contribution in [2.45, 2.75) is 26.2 Å². The minimum absolute atomic E-state index is 0. The van der Waals surface area contributed by atoms with Crippen LogP contribution in [0.5, 0.6) is 0 Å². The van der Waals surface area contributed by atoms with Crippen LogP contribution in [0.25, 0.3) is 5.57 Å². The maximum atomic E-state index is 5.17. The Labute approximate surface area is 113 Å². The number of hydrogen-bond donors (Lipinski definition) is 0. The van der Waals surface area contributed by atoms with Gasteiger partial charge in [-0.05, 0) is 12.3 Å². The van der Waals surface area contributed by atoms with Gasteiger partial charge in [0.05, 0.1) is 0 Å². The van der Waals surface area contributed by atoms with Gasteiger partial charge in [0.1, 0.15) is 0 Å². The fourth-order valence-corrected chi connectivity index (χ4v) is 2.36. The zero-order valence-electron chi connectivity index (χ0n) is 10.1. The first kappa shape index (κ1) is 13.7. The predicted octanol–water partition coefficient (Wildman–Crippen LogP) is 3.41. The molecule has 2 rings (SSSR count). The summed E-state index contributed by atoms with van der Waals surface area (Å²) in [5.41, 5.74) is 5.59. The van der Waals surface area contributed by atoms with Gasteiger partial charge in [0.25, 0.3) is 0 Å². The molecule has 84 valence electrons. The van der Waals surface area contributed by atoms with E-state index in [2.05, 4.69) is 32.0 Å². The molecule has 1 aromatic carbocycles. The van der Waals surface area contributed by atoms with E-state index < -0.39 is 0 Å². The van der Waals surface area contributed by atoms with Crippen molar-refractivity contribution in [2.75, 3.05) is 13.7 Å². The zero-order chi connectivity index (χ0) is 10.8. The summed E-state index contributed by atoms with van der Waals surface area (Å²) in [4.78, 5) is 0. The van der Waals surface area contributed by atoms with Crippen LogP contribution in [0.15, 0.2) is 23.8 Å². The topological polar surface area (TPSA) is 9.23 Å². The smallest absolute Gasteiger partial charge is 0.0463 e. The number of allylic oxidation sites excluding steroid dienone is 2. The summed E-state index contributed by atoms with van der Waals surface area (Å²) in [6.07, 6.45) is 1.07. The first-order valence-corrected chi connectivity index (χ1v) is 5.43. The maximum absolute atomic E-state index is 5.17. The molecule has 1 aromatic rings. The Morgan fingerprint density at radius 3 is 2.81 bits per heavy atom. The van der Waals surface area contributed by atoms with Crippen molar-refractivity contribution in [1.82, 2.24) is 0 Å². The predicted molar refractivity (Wildman–Crippen MR) is 62.8 cm³/mol.